The van der Waals surface area contributed by atoms with Crippen LogP contribution in [-0.4, -0.2) is 24.3 Å². The van der Waals surface area contributed by atoms with Crippen molar-refractivity contribution in [2.45, 2.75) is 20.5 Å². The number of aromatic nitrogens is 4. The van der Waals surface area contributed by atoms with E-state index in [0.717, 1.165) is 26.5 Å². The van der Waals surface area contributed by atoms with Gasteiger partial charge < -0.3 is 5.11 Å². The normalized spacial score (nSPS) is 11.6. The smallest absolute Gasteiger partial charge is 0.196 e. The molecule has 0 bridgehead atoms. The Kier molecular flexibility index (Phi) is 2.76. The minimum atomic E-state index is -0.0663. The Morgan fingerprint density at radius 3 is 2.83 bits per heavy atom. The fourth-order valence-corrected chi connectivity index (χ4v) is 2.94. The van der Waals surface area contributed by atoms with Gasteiger partial charge in [-0.05, 0) is 29.8 Å². The first-order valence-corrected chi connectivity index (χ1v) is 7.08. The van der Waals surface area contributed by atoms with Gasteiger partial charge in [0, 0.05) is 11.6 Å². The highest BCUT2D eigenvalue weighted by Crippen LogP contribution is 2.26. The van der Waals surface area contributed by atoms with Gasteiger partial charge >= 0.3 is 0 Å². The van der Waals surface area contributed by atoms with Gasteiger partial charge in [0.05, 0.1) is 28.2 Å². The number of halogens is 1. The minimum absolute atomic E-state index is 0.0663. The molecule has 94 valence electrons. The van der Waals surface area contributed by atoms with Crippen LogP contribution in [0.15, 0.2) is 16.0 Å². The summed E-state index contributed by atoms with van der Waals surface area (Å²) in [7, 11) is 0. The van der Waals surface area contributed by atoms with Gasteiger partial charge in [-0.3, -0.25) is 4.40 Å². The minimum Gasteiger partial charge on any atom is -0.390 e. The Bertz CT molecular complexity index is 727. The zero-order valence-electron chi connectivity index (χ0n) is 9.88. The second-order valence-corrected chi connectivity index (χ2v) is 5.66. The quantitative estimate of drug-likeness (QED) is 0.787. The molecule has 0 aliphatic rings. The third-order valence-corrected chi connectivity index (χ3v) is 4.80. The third kappa shape index (κ3) is 1.54. The summed E-state index contributed by atoms with van der Waals surface area (Å²) >= 11 is 5.04. The fourth-order valence-electron chi connectivity index (χ4n) is 1.97. The van der Waals surface area contributed by atoms with Crippen LogP contribution < -0.4 is 0 Å². The molecule has 3 aromatic heterocycles. The van der Waals surface area contributed by atoms with Crippen molar-refractivity contribution >= 4 is 32.2 Å². The molecule has 0 aliphatic heterocycles. The molecule has 0 amide bonds. The molecule has 0 unspecified atom stereocenters. The molecule has 5 nitrogen and oxygen atoms in total. The topological polar surface area (TPSA) is 55.4 Å². The molecular formula is C11H11BrN4OS. The Morgan fingerprint density at radius 1 is 1.44 bits per heavy atom. The molecule has 3 aromatic rings. The Balaban J connectivity index is 2.30. The van der Waals surface area contributed by atoms with Crippen LogP contribution in [0.1, 0.15) is 17.1 Å². The van der Waals surface area contributed by atoms with Crippen molar-refractivity contribution in [1.29, 1.82) is 0 Å². The lowest BCUT2D eigenvalue weighted by molar-refractivity contribution is 0.275. The van der Waals surface area contributed by atoms with E-state index >= 15 is 0 Å². The van der Waals surface area contributed by atoms with Crippen LogP contribution >= 0.6 is 27.3 Å². The number of nitrogens with zero attached hydrogens (tertiary/aromatic N) is 4. The molecule has 1 N–H and O–H groups in total. The van der Waals surface area contributed by atoms with Crippen molar-refractivity contribution in [2.24, 2.45) is 0 Å². The number of aryl methyl sites for hydroxylation is 1. The third-order valence-electron chi connectivity index (χ3n) is 2.89. The fraction of sp³-hybridized carbons (Fsp3) is 0.273. The average molecular weight is 327 g/mol. The second-order valence-electron chi connectivity index (χ2n) is 3.99. The van der Waals surface area contributed by atoms with E-state index in [1.807, 2.05) is 29.8 Å². The maximum absolute atomic E-state index is 9.54. The largest absolute Gasteiger partial charge is 0.390 e. The number of aliphatic hydroxyl groups is 1. The highest BCUT2D eigenvalue weighted by molar-refractivity contribution is 9.10. The van der Waals surface area contributed by atoms with Crippen LogP contribution in [0.3, 0.4) is 0 Å². The van der Waals surface area contributed by atoms with Crippen molar-refractivity contribution in [3.8, 4) is 5.82 Å². The number of imidazole rings is 1. The van der Waals surface area contributed by atoms with Crippen LogP contribution in [0.25, 0.3) is 10.8 Å². The lowest BCUT2D eigenvalue weighted by Crippen LogP contribution is -2.04. The summed E-state index contributed by atoms with van der Waals surface area (Å²) in [5.74, 6) is 0.690. The van der Waals surface area contributed by atoms with Gasteiger partial charge in [-0.1, -0.05) is 0 Å². The van der Waals surface area contributed by atoms with Crippen molar-refractivity contribution in [2.75, 3.05) is 0 Å². The van der Waals surface area contributed by atoms with Gasteiger partial charge in [-0.2, -0.15) is 10.1 Å². The maximum Gasteiger partial charge on any atom is 0.196 e. The van der Waals surface area contributed by atoms with E-state index in [1.165, 1.54) is 11.3 Å². The Hall–Kier alpha value is -1.18. The zero-order chi connectivity index (χ0) is 12.9. The molecule has 0 saturated heterocycles. The van der Waals surface area contributed by atoms with Crippen LogP contribution in [0.4, 0.5) is 0 Å². The number of thiazole rings is 1. The molecule has 0 saturated carbocycles. The standard InChI is InChI=1S/C11H11BrN4OS/c1-6-9(12)7(2)16(14-6)10-8(5-17)15-3-4-18-11(15)13-10/h3-4,17H,5H2,1-2H3. The highest BCUT2D eigenvalue weighted by atomic mass is 79.9. The summed E-state index contributed by atoms with van der Waals surface area (Å²) < 4.78 is 4.64. The first kappa shape index (κ1) is 11.9. The molecule has 3 rings (SSSR count). The van der Waals surface area contributed by atoms with E-state index in [0.29, 0.717) is 5.82 Å². The molecule has 7 heteroatoms. The first-order valence-electron chi connectivity index (χ1n) is 5.41. The summed E-state index contributed by atoms with van der Waals surface area (Å²) in [6.45, 7) is 3.84. The Morgan fingerprint density at radius 2 is 2.22 bits per heavy atom. The lowest BCUT2D eigenvalue weighted by Gasteiger charge is -2.03. The van der Waals surface area contributed by atoms with Crippen LogP contribution in [0.5, 0.6) is 0 Å². The summed E-state index contributed by atoms with van der Waals surface area (Å²) in [6.07, 6.45) is 1.91. The van der Waals surface area contributed by atoms with E-state index in [4.69, 9.17) is 0 Å². The predicted octanol–water partition coefficient (Wildman–Crippen LogP) is 2.45. The van der Waals surface area contributed by atoms with E-state index in [2.05, 4.69) is 26.0 Å². The molecule has 0 aromatic carbocycles. The molecule has 0 fully saturated rings. The second kappa shape index (κ2) is 4.18. The lowest BCUT2D eigenvalue weighted by atomic mass is 10.4. The van der Waals surface area contributed by atoms with Gasteiger partial charge in [0.1, 0.15) is 0 Å². The van der Waals surface area contributed by atoms with E-state index in [1.54, 1.807) is 4.68 Å². The van der Waals surface area contributed by atoms with Crippen LogP contribution in [0.2, 0.25) is 0 Å². The summed E-state index contributed by atoms with van der Waals surface area (Å²) in [5, 5.41) is 15.9. The van der Waals surface area contributed by atoms with E-state index in [-0.39, 0.29) is 6.61 Å². The SMILES string of the molecule is Cc1nn(-c2nc3sccn3c2CO)c(C)c1Br. The number of hydrogen-bond donors (Lipinski definition) is 1. The summed E-state index contributed by atoms with van der Waals surface area (Å²) in [5.41, 5.74) is 2.64. The van der Waals surface area contributed by atoms with Crippen molar-refractivity contribution in [3.05, 3.63) is 33.1 Å². The van der Waals surface area contributed by atoms with Gasteiger partial charge in [0.25, 0.3) is 0 Å². The molecule has 0 radical (unpaired) electrons. The number of fused-ring (bicyclic) bond motifs is 1. The molecule has 0 atom stereocenters. The van der Waals surface area contributed by atoms with E-state index < -0.39 is 0 Å². The van der Waals surface area contributed by atoms with Gasteiger partial charge in [-0.15, -0.1) is 11.3 Å². The predicted molar refractivity (Wildman–Crippen MR) is 73.3 cm³/mol. The number of hydrogen-bond acceptors (Lipinski definition) is 4. The molecular weight excluding hydrogens is 316 g/mol. The number of rotatable bonds is 2. The number of aliphatic hydroxyl groups excluding tert-OH is 1. The Labute approximate surface area is 116 Å². The van der Waals surface area contributed by atoms with E-state index in [9.17, 15) is 5.11 Å². The average Bonchev–Trinajstić information content (AvgIpc) is 2.98. The van der Waals surface area contributed by atoms with Gasteiger partial charge in [-0.25, -0.2) is 4.68 Å². The monoisotopic (exact) mass is 326 g/mol. The highest BCUT2D eigenvalue weighted by Gasteiger charge is 2.18. The maximum atomic E-state index is 9.54. The van der Waals surface area contributed by atoms with Crippen LogP contribution in [0, 0.1) is 13.8 Å². The van der Waals surface area contributed by atoms with Gasteiger partial charge in [0.2, 0.25) is 0 Å². The van der Waals surface area contributed by atoms with Crippen molar-refractivity contribution in [1.82, 2.24) is 19.2 Å². The zero-order valence-corrected chi connectivity index (χ0v) is 12.3. The van der Waals surface area contributed by atoms with Crippen molar-refractivity contribution < 1.29 is 5.11 Å². The molecule has 0 aliphatic carbocycles. The molecule has 18 heavy (non-hydrogen) atoms. The van der Waals surface area contributed by atoms with Gasteiger partial charge in [0.15, 0.2) is 10.8 Å². The summed E-state index contributed by atoms with van der Waals surface area (Å²) in [6, 6.07) is 0. The summed E-state index contributed by atoms with van der Waals surface area (Å²) in [4.78, 5) is 5.39. The molecule has 3 heterocycles. The van der Waals surface area contributed by atoms with Crippen molar-refractivity contribution in [3.63, 3.8) is 0 Å². The van der Waals surface area contributed by atoms with Crippen LogP contribution in [-0.2, 0) is 6.61 Å². The first-order chi connectivity index (χ1) is 8.63. The molecule has 0 spiro atoms.